The molecule has 0 radical (unpaired) electrons. The van der Waals surface area contributed by atoms with Crippen molar-refractivity contribution in [2.24, 2.45) is 0 Å². The number of ether oxygens (including phenoxy) is 2. The van der Waals surface area contributed by atoms with E-state index < -0.39 is 10.0 Å². The highest BCUT2D eigenvalue weighted by molar-refractivity contribution is 7.89. The molecule has 29 heavy (non-hydrogen) atoms. The summed E-state index contributed by atoms with van der Waals surface area (Å²) in [7, 11) is -3.36. The number of benzene rings is 1. The van der Waals surface area contributed by atoms with Gasteiger partial charge in [0.1, 0.15) is 5.75 Å². The van der Waals surface area contributed by atoms with Crippen molar-refractivity contribution in [1.82, 2.24) is 14.3 Å². The number of para-hydroxylation sites is 1. The summed E-state index contributed by atoms with van der Waals surface area (Å²) in [5, 5.41) is 0. The molecule has 9 heteroatoms. The molecule has 0 N–H and O–H groups in total. The number of sulfonamides is 1. The van der Waals surface area contributed by atoms with E-state index in [2.05, 4.69) is 14.9 Å². The van der Waals surface area contributed by atoms with Crippen LogP contribution in [0.3, 0.4) is 0 Å². The van der Waals surface area contributed by atoms with Crippen molar-refractivity contribution >= 4 is 16.0 Å². The van der Waals surface area contributed by atoms with Gasteiger partial charge in [0.2, 0.25) is 16.0 Å². The second kappa shape index (κ2) is 9.06. The zero-order chi connectivity index (χ0) is 20.1. The third-order valence-corrected chi connectivity index (χ3v) is 7.05. The molecule has 2 aromatic rings. The lowest BCUT2D eigenvalue weighted by molar-refractivity contribution is 0.122. The molecule has 0 aliphatic carbocycles. The minimum absolute atomic E-state index is 0.0660. The Morgan fingerprint density at radius 3 is 2.69 bits per heavy atom. The number of rotatable bonds is 7. The summed E-state index contributed by atoms with van der Waals surface area (Å²) < 4.78 is 38.1. The summed E-state index contributed by atoms with van der Waals surface area (Å²) in [5.74, 6) is 1.48. The quantitative estimate of drug-likeness (QED) is 0.630. The molecule has 0 bridgehead atoms. The largest absolute Gasteiger partial charge is 0.494 e. The first kappa shape index (κ1) is 20.1. The van der Waals surface area contributed by atoms with E-state index in [1.54, 1.807) is 0 Å². The van der Waals surface area contributed by atoms with Gasteiger partial charge in [0, 0.05) is 25.8 Å². The van der Waals surface area contributed by atoms with Crippen LogP contribution in [0.15, 0.2) is 36.5 Å². The van der Waals surface area contributed by atoms with Crippen molar-refractivity contribution in [3.63, 3.8) is 0 Å². The molecule has 1 saturated heterocycles. The molecule has 156 valence electrons. The molecule has 0 spiro atoms. The lowest BCUT2D eigenvalue weighted by Gasteiger charge is -2.30. The summed E-state index contributed by atoms with van der Waals surface area (Å²) in [5.41, 5.74) is 1.83. The molecule has 0 unspecified atom stereocenters. The number of aromatic nitrogens is 2. The van der Waals surface area contributed by atoms with Gasteiger partial charge in [-0.15, -0.1) is 0 Å². The molecule has 8 nitrogen and oxygen atoms in total. The molecule has 1 aromatic heterocycles. The van der Waals surface area contributed by atoms with Crippen LogP contribution < -0.4 is 9.64 Å². The number of hydrogen-bond donors (Lipinski definition) is 0. The highest BCUT2D eigenvalue weighted by Gasteiger charge is 2.28. The van der Waals surface area contributed by atoms with Crippen molar-refractivity contribution < 1.29 is 17.9 Å². The summed E-state index contributed by atoms with van der Waals surface area (Å²) in [6.45, 7) is 3.96. The molecule has 4 rings (SSSR count). The van der Waals surface area contributed by atoms with E-state index in [4.69, 9.17) is 9.47 Å². The van der Waals surface area contributed by atoms with Gasteiger partial charge in [-0.1, -0.05) is 18.2 Å². The number of anilines is 1. The monoisotopic (exact) mass is 418 g/mol. The Bertz CT molecular complexity index is 917. The Kier molecular flexibility index (Phi) is 6.27. The highest BCUT2D eigenvalue weighted by Crippen LogP contribution is 2.22. The first-order chi connectivity index (χ1) is 14.1. The fraction of sp³-hybridized carbons (Fsp3) is 0.500. The molecule has 0 atom stereocenters. The Morgan fingerprint density at radius 2 is 1.90 bits per heavy atom. The van der Waals surface area contributed by atoms with Crippen molar-refractivity contribution in [3.8, 4) is 5.75 Å². The minimum atomic E-state index is -3.36. The average Bonchev–Trinajstić information content (AvgIpc) is 2.77. The SMILES string of the molecule is O=S(=O)(CCCOc1ccccc1)N1CCc2cnc(N3CCOCC3)nc2C1. The first-order valence-corrected chi connectivity index (χ1v) is 11.6. The Labute approximate surface area is 171 Å². The zero-order valence-corrected chi connectivity index (χ0v) is 17.2. The maximum Gasteiger partial charge on any atom is 0.225 e. The summed E-state index contributed by atoms with van der Waals surface area (Å²) in [4.78, 5) is 11.2. The van der Waals surface area contributed by atoms with Crippen molar-refractivity contribution in [1.29, 1.82) is 0 Å². The van der Waals surface area contributed by atoms with Gasteiger partial charge in [0.05, 0.1) is 37.8 Å². The van der Waals surface area contributed by atoms with Crippen molar-refractivity contribution in [2.45, 2.75) is 19.4 Å². The second-order valence-corrected chi connectivity index (χ2v) is 9.24. The van der Waals surface area contributed by atoms with Crippen LogP contribution in [0.1, 0.15) is 17.7 Å². The number of hydrogen-bond acceptors (Lipinski definition) is 7. The third kappa shape index (κ3) is 5.04. The number of fused-ring (bicyclic) bond motifs is 1. The minimum Gasteiger partial charge on any atom is -0.494 e. The normalized spacial score (nSPS) is 17.7. The number of morpholine rings is 1. The van der Waals surface area contributed by atoms with Crippen molar-refractivity contribution in [3.05, 3.63) is 47.8 Å². The molecular formula is C20H26N4O4S. The fourth-order valence-corrected chi connectivity index (χ4v) is 4.93. The van der Waals surface area contributed by atoms with Gasteiger partial charge in [-0.05, 0) is 30.5 Å². The van der Waals surface area contributed by atoms with E-state index in [0.717, 1.165) is 30.1 Å². The Hall–Kier alpha value is -2.23. The molecule has 0 amide bonds. The van der Waals surface area contributed by atoms with Crippen LogP contribution in [-0.4, -0.2) is 67.9 Å². The summed E-state index contributed by atoms with van der Waals surface area (Å²) >= 11 is 0. The van der Waals surface area contributed by atoms with E-state index in [0.29, 0.717) is 51.7 Å². The van der Waals surface area contributed by atoms with Gasteiger partial charge in [-0.2, -0.15) is 4.31 Å². The standard InChI is InChI=1S/C20H26N4O4S/c25-29(26,14-4-11-28-18-5-2-1-3-6-18)24-8-7-17-15-21-20(22-19(17)16-24)23-9-12-27-13-10-23/h1-3,5-6,15H,4,7-14,16H2. The van der Waals surface area contributed by atoms with Crippen LogP contribution in [0.2, 0.25) is 0 Å². The van der Waals surface area contributed by atoms with E-state index in [1.807, 2.05) is 36.5 Å². The molecule has 1 aromatic carbocycles. The van der Waals surface area contributed by atoms with Gasteiger partial charge in [-0.25, -0.2) is 18.4 Å². The first-order valence-electron chi connectivity index (χ1n) is 9.95. The van der Waals surface area contributed by atoms with Gasteiger partial charge in [0.15, 0.2) is 0 Å². The molecule has 0 saturated carbocycles. The topological polar surface area (TPSA) is 84.9 Å². The summed E-state index contributed by atoms with van der Waals surface area (Å²) in [6, 6.07) is 9.43. The van der Waals surface area contributed by atoms with E-state index in [1.165, 1.54) is 4.31 Å². The van der Waals surface area contributed by atoms with Crippen LogP contribution in [0, 0.1) is 0 Å². The predicted octanol–water partition coefficient (Wildman–Crippen LogP) is 1.47. The van der Waals surface area contributed by atoms with Gasteiger partial charge in [-0.3, -0.25) is 0 Å². The Morgan fingerprint density at radius 1 is 1.10 bits per heavy atom. The molecule has 1 fully saturated rings. The van der Waals surface area contributed by atoms with Crippen LogP contribution >= 0.6 is 0 Å². The van der Waals surface area contributed by atoms with Crippen LogP contribution in [-0.2, 0) is 27.7 Å². The third-order valence-electron chi connectivity index (χ3n) is 5.14. The maximum absolute atomic E-state index is 12.8. The summed E-state index contributed by atoms with van der Waals surface area (Å²) in [6.07, 6.45) is 2.92. The van der Waals surface area contributed by atoms with E-state index >= 15 is 0 Å². The molecular weight excluding hydrogens is 392 g/mol. The molecule has 2 aliphatic heterocycles. The van der Waals surface area contributed by atoms with E-state index in [-0.39, 0.29) is 5.75 Å². The molecule has 3 heterocycles. The lowest BCUT2D eigenvalue weighted by Crippen LogP contribution is -2.40. The van der Waals surface area contributed by atoms with Gasteiger partial charge >= 0.3 is 0 Å². The van der Waals surface area contributed by atoms with E-state index in [9.17, 15) is 8.42 Å². The van der Waals surface area contributed by atoms with Gasteiger partial charge in [0.25, 0.3) is 0 Å². The highest BCUT2D eigenvalue weighted by atomic mass is 32.2. The zero-order valence-electron chi connectivity index (χ0n) is 16.4. The number of nitrogens with zero attached hydrogens (tertiary/aromatic N) is 4. The van der Waals surface area contributed by atoms with Crippen LogP contribution in [0.5, 0.6) is 5.75 Å². The Balaban J connectivity index is 1.35. The smallest absolute Gasteiger partial charge is 0.225 e. The second-order valence-electron chi connectivity index (χ2n) is 7.16. The molecule has 2 aliphatic rings. The maximum atomic E-state index is 12.8. The van der Waals surface area contributed by atoms with Crippen molar-refractivity contribution in [2.75, 3.05) is 50.1 Å². The lowest BCUT2D eigenvalue weighted by atomic mass is 10.1. The van der Waals surface area contributed by atoms with Crippen LogP contribution in [0.25, 0.3) is 0 Å². The fourth-order valence-electron chi connectivity index (χ4n) is 3.50. The van der Waals surface area contributed by atoms with Gasteiger partial charge < -0.3 is 14.4 Å². The van der Waals surface area contributed by atoms with Crippen LogP contribution in [0.4, 0.5) is 5.95 Å². The average molecular weight is 419 g/mol. The predicted molar refractivity (Wildman–Crippen MR) is 110 cm³/mol.